The first kappa shape index (κ1) is 16.4. The van der Waals surface area contributed by atoms with Gasteiger partial charge in [0.1, 0.15) is 5.82 Å². The van der Waals surface area contributed by atoms with Crippen LogP contribution in [0, 0.1) is 0 Å². The van der Waals surface area contributed by atoms with Crippen molar-refractivity contribution in [2.75, 3.05) is 39.5 Å². The van der Waals surface area contributed by atoms with Gasteiger partial charge in [0.2, 0.25) is 0 Å². The number of fused-ring (bicyclic) bond motifs is 1. The van der Waals surface area contributed by atoms with E-state index in [1.807, 2.05) is 24.3 Å². The molecule has 0 saturated carbocycles. The second kappa shape index (κ2) is 7.88. The molecule has 2 aromatic rings. The van der Waals surface area contributed by atoms with Crippen LogP contribution in [0.25, 0.3) is 11.0 Å². The summed E-state index contributed by atoms with van der Waals surface area (Å²) in [5.74, 6) is 0.932. The number of hydrogen-bond donors (Lipinski definition) is 2. The molecule has 0 aliphatic carbocycles. The molecule has 1 unspecified atom stereocenters. The standard InChI is InChI=1S/C17H25N3O3/c21-9-3-6-17-18-15-4-1-2-5-16(15)20(17)13-14(22)12-19-7-10-23-11-8-19/h1-2,4-5,14,21-22H,3,6-13H2. The van der Waals surface area contributed by atoms with Crippen molar-refractivity contribution < 1.29 is 14.9 Å². The normalized spacial score (nSPS) is 17.7. The predicted octanol–water partition coefficient (Wildman–Crippen LogP) is 0.654. The highest BCUT2D eigenvalue weighted by Gasteiger charge is 2.18. The van der Waals surface area contributed by atoms with Gasteiger partial charge < -0.3 is 19.5 Å². The number of aromatic nitrogens is 2. The van der Waals surface area contributed by atoms with Crippen LogP contribution in [0.15, 0.2) is 24.3 Å². The van der Waals surface area contributed by atoms with Crippen molar-refractivity contribution in [3.8, 4) is 0 Å². The number of para-hydroxylation sites is 2. The van der Waals surface area contributed by atoms with Crippen LogP contribution >= 0.6 is 0 Å². The average Bonchev–Trinajstić information content (AvgIpc) is 2.91. The number of aliphatic hydroxyl groups excluding tert-OH is 2. The maximum atomic E-state index is 10.5. The van der Waals surface area contributed by atoms with E-state index < -0.39 is 6.10 Å². The van der Waals surface area contributed by atoms with Crippen molar-refractivity contribution in [3.63, 3.8) is 0 Å². The van der Waals surface area contributed by atoms with E-state index in [0.29, 0.717) is 19.5 Å². The minimum Gasteiger partial charge on any atom is -0.396 e. The smallest absolute Gasteiger partial charge is 0.110 e. The Morgan fingerprint density at radius 2 is 1.96 bits per heavy atom. The lowest BCUT2D eigenvalue weighted by Crippen LogP contribution is -2.42. The Balaban J connectivity index is 1.74. The van der Waals surface area contributed by atoms with Gasteiger partial charge in [-0.05, 0) is 18.6 Å². The van der Waals surface area contributed by atoms with Crippen LogP contribution in [0.3, 0.4) is 0 Å². The molecule has 0 bridgehead atoms. The van der Waals surface area contributed by atoms with Gasteiger partial charge in [-0.2, -0.15) is 0 Å². The first-order valence-electron chi connectivity index (χ1n) is 8.31. The predicted molar refractivity (Wildman–Crippen MR) is 88.4 cm³/mol. The average molecular weight is 319 g/mol. The summed E-state index contributed by atoms with van der Waals surface area (Å²) < 4.78 is 7.44. The second-order valence-corrected chi connectivity index (χ2v) is 6.02. The van der Waals surface area contributed by atoms with E-state index in [1.165, 1.54) is 0 Å². The summed E-state index contributed by atoms with van der Waals surface area (Å²) in [7, 11) is 0. The van der Waals surface area contributed by atoms with Crippen molar-refractivity contribution in [3.05, 3.63) is 30.1 Å². The molecule has 0 spiro atoms. The van der Waals surface area contributed by atoms with Crippen molar-refractivity contribution >= 4 is 11.0 Å². The first-order chi connectivity index (χ1) is 11.3. The molecule has 3 rings (SSSR count). The van der Waals surface area contributed by atoms with Crippen LogP contribution in [-0.2, 0) is 17.7 Å². The number of morpholine rings is 1. The van der Waals surface area contributed by atoms with Gasteiger partial charge in [0.15, 0.2) is 0 Å². The number of rotatable bonds is 7. The molecule has 1 aliphatic rings. The van der Waals surface area contributed by atoms with Gasteiger partial charge >= 0.3 is 0 Å². The molecule has 126 valence electrons. The Kier molecular flexibility index (Phi) is 5.61. The fraction of sp³-hybridized carbons (Fsp3) is 0.588. The number of aliphatic hydroxyl groups is 2. The van der Waals surface area contributed by atoms with Crippen molar-refractivity contribution in [2.24, 2.45) is 0 Å². The third kappa shape index (κ3) is 4.09. The summed E-state index contributed by atoms with van der Waals surface area (Å²) in [6.45, 7) is 4.55. The fourth-order valence-electron chi connectivity index (χ4n) is 3.11. The van der Waals surface area contributed by atoms with Crippen LogP contribution in [0.2, 0.25) is 0 Å². The molecule has 1 aliphatic heterocycles. The van der Waals surface area contributed by atoms with E-state index in [2.05, 4.69) is 14.5 Å². The number of aryl methyl sites for hydroxylation is 1. The SMILES string of the molecule is OCCCc1nc2ccccc2n1CC(O)CN1CCOCC1. The highest BCUT2D eigenvalue weighted by Crippen LogP contribution is 2.18. The summed E-state index contributed by atoms with van der Waals surface area (Å²) in [5, 5.41) is 19.6. The van der Waals surface area contributed by atoms with Crippen LogP contribution in [-0.4, -0.2) is 70.2 Å². The number of imidazole rings is 1. The molecule has 1 aromatic heterocycles. The van der Waals surface area contributed by atoms with Gasteiger partial charge in [0.05, 0.1) is 36.9 Å². The van der Waals surface area contributed by atoms with Crippen molar-refractivity contribution in [2.45, 2.75) is 25.5 Å². The van der Waals surface area contributed by atoms with Gasteiger partial charge in [0, 0.05) is 32.7 Å². The largest absolute Gasteiger partial charge is 0.396 e. The zero-order valence-electron chi connectivity index (χ0n) is 13.4. The number of hydrogen-bond acceptors (Lipinski definition) is 5. The molecule has 1 saturated heterocycles. The molecule has 1 atom stereocenters. The molecule has 1 fully saturated rings. The second-order valence-electron chi connectivity index (χ2n) is 6.02. The van der Waals surface area contributed by atoms with E-state index in [9.17, 15) is 5.11 Å². The molecule has 6 heteroatoms. The summed E-state index contributed by atoms with van der Waals surface area (Å²) in [4.78, 5) is 6.89. The van der Waals surface area contributed by atoms with E-state index in [-0.39, 0.29) is 6.61 Å². The van der Waals surface area contributed by atoms with Crippen LogP contribution < -0.4 is 0 Å². The lowest BCUT2D eigenvalue weighted by molar-refractivity contribution is 0.0116. The number of nitrogens with zero attached hydrogens (tertiary/aromatic N) is 3. The van der Waals surface area contributed by atoms with E-state index in [1.54, 1.807) is 0 Å². The van der Waals surface area contributed by atoms with Gasteiger partial charge in [-0.1, -0.05) is 12.1 Å². The van der Waals surface area contributed by atoms with Gasteiger partial charge in [-0.25, -0.2) is 4.98 Å². The Hall–Kier alpha value is -1.47. The molecule has 2 N–H and O–H groups in total. The molecule has 0 amide bonds. The van der Waals surface area contributed by atoms with Crippen molar-refractivity contribution in [1.82, 2.24) is 14.5 Å². The zero-order valence-corrected chi connectivity index (χ0v) is 13.4. The van der Waals surface area contributed by atoms with Gasteiger partial charge in [-0.15, -0.1) is 0 Å². The monoisotopic (exact) mass is 319 g/mol. The number of β-amino-alcohol motifs (C(OH)–C–C–N with tert-alkyl or cyclic N) is 1. The summed E-state index contributed by atoms with van der Waals surface area (Å²) in [6, 6.07) is 7.99. The van der Waals surface area contributed by atoms with E-state index in [4.69, 9.17) is 9.84 Å². The summed E-state index contributed by atoms with van der Waals surface area (Å²) >= 11 is 0. The lowest BCUT2D eigenvalue weighted by Gasteiger charge is -2.28. The Morgan fingerprint density at radius 1 is 1.17 bits per heavy atom. The molecule has 1 aromatic carbocycles. The third-order valence-electron chi connectivity index (χ3n) is 4.26. The number of ether oxygens (including phenoxy) is 1. The maximum absolute atomic E-state index is 10.5. The summed E-state index contributed by atoms with van der Waals surface area (Å²) in [6.07, 6.45) is 0.955. The van der Waals surface area contributed by atoms with Crippen LogP contribution in [0.4, 0.5) is 0 Å². The van der Waals surface area contributed by atoms with Gasteiger partial charge in [-0.3, -0.25) is 4.90 Å². The maximum Gasteiger partial charge on any atom is 0.110 e. The Labute approximate surface area is 136 Å². The minimum atomic E-state index is -0.446. The van der Waals surface area contributed by atoms with Crippen molar-refractivity contribution in [1.29, 1.82) is 0 Å². The minimum absolute atomic E-state index is 0.152. The third-order valence-corrected chi connectivity index (χ3v) is 4.26. The molecular formula is C17H25N3O3. The zero-order chi connectivity index (χ0) is 16.1. The summed E-state index contributed by atoms with van der Waals surface area (Å²) in [5.41, 5.74) is 1.99. The molecule has 23 heavy (non-hydrogen) atoms. The topological polar surface area (TPSA) is 70.8 Å². The highest BCUT2D eigenvalue weighted by molar-refractivity contribution is 5.75. The van der Waals surface area contributed by atoms with E-state index in [0.717, 1.165) is 49.6 Å². The van der Waals surface area contributed by atoms with Gasteiger partial charge in [0.25, 0.3) is 0 Å². The molecule has 6 nitrogen and oxygen atoms in total. The number of benzene rings is 1. The first-order valence-corrected chi connectivity index (χ1v) is 8.31. The Morgan fingerprint density at radius 3 is 2.74 bits per heavy atom. The fourth-order valence-corrected chi connectivity index (χ4v) is 3.11. The molecular weight excluding hydrogens is 294 g/mol. The lowest BCUT2D eigenvalue weighted by atomic mass is 10.2. The molecule has 2 heterocycles. The quantitative estimate of drug-likeness (QED) is 0.784. The Bertz CT molecular complexity index is 623. The molecule has 0 radical (unpaired) electrons. The highest BCUT2D eigenvalue weighted by atomic mass is 16.5. The van der Waals surface area contributed by atoms with E-state index >= 15 is 0 Å². The van der Waals surface area contributed by atoms with Crippen LogP contribution in [0.1, 0.15) is 12.2 Å². The van der Waals surface area contributed by atoms with Crippen LogP contribution in [0.5, 0.6) is 0 Å².